The number of nitrogen functional groups attached to an aromatic ring is 1. The zero-order valence-electron chi connectivity index (χ0n) is 11.4. The van der Waals surface area contributed by atoms with Crippen molar-refractivity contribution < 1.29 is 0 Å². The predicted octanol–water partition coefficient (Wildman–Crippen LogP) is 2.66. The minimum atomic E-state index is 0.803. The summed E-state index contributed by atoms with van der Waals surface area (Å²) in [5.74, 6) is 0.803. The number of anilines is 1. The highest BCUT2D eigenvalue weighted by Gasteiger charge is 2.12. The molecule has 2 aromatic rings. The van der Waals surface area contributed by atoms with Crippen molar-refractivity contribution in [1.82, 2.24) is 9.78 Å². The summed E-state index contributed by atoms with van der Waals surface area (Å²) in [6.07, 6.45) is 2.93. The average molecular weight is 243 g/mol. The van der Waals surface area contributed by atoms with Crippen LogP contribution in [-0.2, 0) is 26.3 Å². The Morgan fingerprint density at radius 1 is 1.22 bits per heavy atom. The molecule has 0 saturated carbocycles. The van der Waals surface area contributed by atoms with Crippen molar-refractivity contribution in [3.05, 3.63) is 46.6 Å². The smallest absolute Gasteiger partial charge is 0.124 e. The standard InChI is InChI=1S/C15H21N3/c1-4-13-14(17-18(3)15(13)16)10-9-12-8-6-5-7-11(12)2/h5-8H,4,9-10,16H2,1-3H3. The molecule has 0 saturated heterocycles. The van der Waals surface area contributed by atoms with Gasteiger partial charge in [0.25, 0.3) is 0 Å². The van der Waals surface area contributed by atoms with Crippen molar-refractivity contribution in [2.75, 3.05) is 5.73 Å². The number of aromatic nitrogens is 2. The first kappa shape index (κ1) is 12.7. The number of nitrogens with zero attached hydrogens (tertiary/aromatic N) is 2. The van der Waals surface area contributed by atoms with Crippen LogP contribution in [0.25, 0.3) is 0 Å². The van der Waals surface area contributed by atoms with Crippen LogP contribution in [0.1, 0.15) is 29.3 Å². The summed E-state index contributed by atoms with van der Waals surface area (Å²) in [6.45, 7) is 4.29. The number of hydrogen-bond donors (Lipinski definition) is 1. The summed E-state index contributed by atoms with van der Waals surface area (Å²) in [6, 6.07) is 8.51. The molecule has 1 aromatic carbocycles. The molecule has 0 bridgehead atoms. The number of benzene rings is 1. The van der Waals surface area contributed by atoms with Crippen LogP contribution in [0.15, 0.2) is 24.3 Å². The van der Waals surface area contributed by atoms with Gasteiger partial charge in [-0.2, -0.15) is 5.10 Å². The number of nitrogens with two attached hydrogens (primary N) is 1. The van der Waals surface area contributed by atoms with Gasteiger partial charge in [0.05, 0.1) is 5.69 Å². The lowest BCUT2D eigenvalue weighted by molar-refractivity contribution is 0.744. The second-order valence-electron chi connectivity index (χ2n) is 4.71. The van der Waals surface area contributed by atoms with Crippen LogP contribution < -0.4 is 5.73 Å². The first-order valence-electron chi connectivity index (χ1n) is 6.48. The third-order valence-electron chi connectivity index (χ3n) is 3.52. The Balaban J connectivity index is 2.16. The topological polar surface area (TPSA) is 43.8 Å². The highest BCUT2D eigenvalue weighted by atomic mass is 15.3. The molecule has 18 heavy (non-hydrogen) atoms. The predicted molar refractivity (Wildman–Crippen MR) is 75.6 cm³/mol. The van der Waals surface area contributed by atoms with E-state index in [2.05, 4.69) is 43.2 Å². The van der Waals surface area contributed by atoms with Crippen molar-refractivity contribution in [2.24, 2.45) is 7.05 Å². The maximum atomic E-state index is 6.01. The summed E-state index contributed by atoms with van der Waals surface area (Å²) in [4.78, 5) is 0. The summed E-state index contributed by atoms with van der Waals surface area (Å²) < 4.78 is 1.78. The SMILES string of the molecule is CCc1c(CCc2ccccc2C)nn(C)c1N. The van der Waals surface area contributed by atoms with Gasteiger partial charge in [0, 0.05) is 12.6 Å². The summed E-state index contributed by atoms with van der Waals surface area (Å²) >= 11 is 0. The maximum absolute atomic E-state index is 6.01. The highest BCUT2D eigenvalue weighted by molar-refractivity contribution is 5.43. The number of hydrogen-bond acceptors (Lipinski definition) is 2. The van der Waals surface area contributed by atoms with Crippen LogP contribution in [0.4, 0.5) is 5.82 Å². The molecule has 0 amide bonds. The van der Waals surface area contributed by atoms with E-state index < -0.39 is 0 Å². The van der Waals surface area contributed by atoms with Crippen LogP contribution in [0.5, 0.6) is 0 Å². The van der Waals surface area contributed by atoms with Gasteiger partial charge in [-0.25, -0.2) is 0 Å². The minimum absolute atomic E-state index is 0.803. The first-order valence-corrected chi connectivity index (χ1v) is 6.48. The molecule has 0 spiro atoms. The van der Waals surface area contributed by atoms with Gasteiger partial charge >= 0.3 is 0 Å². The molecule has 0 fully saturated rings. The Hall–Kier alpha value is -1.77. The van der Waals surface area contributed by atoms with Gasteiger partial charge < -0.3 is 5.73 Å². The Morgan fingerprint density at radius 3 is 2.61 bits per heavy atom. The summed E-state index contributed by atoms with van der Waals surface area (Å²) in [5, 5.41) is 4.52. The molecule has 3 nitrogen and oxygen atoms in total. The van der Waals surface area contributed by atoms with Crippen LogP contribution >= 0.6 is 0 Å². The van der Waals surface area contributed by atoms with E-state index in [9.17, 15) is 0 Å². The normalized spacial score (nSPS) is 10.8. The molecule has 0 unspecified atom stereocenters. The van der Waals surface area contributed by atoms with Crippen LogP contribution in [0, 0.1) is 6.92 Å². The maximum Gasteiger partial charge on any atom is 0.124 e. The molecule has 2 N–H and O–H groups in total. The van der Waals surface area contributed by atoms with Gasteiger partial charge in [-0.15, -0.1) is 0 Å². The number of aryl methyl sites for hydroxylation is 4. The second kappa shape index (κ2) is 5.25. The third-order valence-corrected chi connectivity index (χ3v) is 3.52. The van der Waals surface area contributed by atoms with Crippen molar-refractivity contribution in [3.63, 3.8) is 0 Å². The average Bonchev–Trinajstić information content (AvgIpc) is 2.64. The van der Waals surface area contributed by atoms with Crippen LogP contribution in [-0.4, -0.2) is 9.78 Å². The van der Waals surface area contributed by atoms with Gasteiger partial charge in [-0.3, -0.25) is 4.68 Å². The first-order chi connectivity index (χ1) is 8.63. The van der Waals surface area contributed by atoms with Crippen molar-refractivity contribution >= 4 is 5.82 Å². The molecule has 3 heteroatoms. The Morgan fingerprint density at radius 2 is 1.94 bits per heavy atom. The van der Waals surface area contributed by atoms with Gasteiger partial charge in [0.2, 0.25) is 0 Å². The van der Waals surface area contributed by atoms with E-state index in [1.54, 1.807) is 4.68 Å². The summed E-state index contributed by atoms with van der Waals surface area (Å²) in [7, 11) is 1.91. The zero-order chi connectivity index (χ0) is 13.1. The van der Waals surface area contributed by atoms with E-state index in [1.165, 1.54) is 16.7 Å². The molecule has 0 aliphatic rings. The third kappa shape index (κ3) is 2.40. The van der Waals surface area contributed by atoms with E-state index in [0.29, 0.717) is 0 Å². The molecular weight excluding hydrogens is 222 g/mol. The molecule has 0 aliphatic carbocycles. The van der Waals surface area contributed by atoms with E-state index >= 15 is 0 Å². The fraction of sp³-hybridized carbons (Fsp3) is 0.400. The Bertz CT molecular complexity index is 541. The van der Waals surface area contributed by atoms with Gasteiger partial charge in [0.15, 0.2) is 0 Å². The van der Waals surface area contributed by atoms with Crippen LogP contribution in [0.3, 0.4) is 0 Å². The van der Waals surface area contributed by atoms with Crippen molar-refractivity contribution in [1.29, 1.82) is 0 Å². The zero-order valence-corrected chi connectivity index (χ0v) is 11.4. The molecular formula is C15H21N3. The molecule has 0 atom stereocenters. The fourth-order valence-corrected chi connectivity index (χ4v) is 2.37. The van der Waals surface area contributed by atoms with Gasteiger partial charge in [0.1, 0.15) is 5.82 Å². The van der Waals surface area contributed by atoms with Crippen molar-refractivity contribution in [2.45, 2.75) is 33.1 Å². The molecule has 2 rings (SSSR count). The molecule has 96 valence electrons. The lowest BCUT2D eigenvalue weighted by Crippen LogP contribution is -1.98. The molecule has 0 radical (unpaired) electrons. The Labute approximate surface area is 109 Å². The second-order valence-corrected chi connectivity index (χ2v) is 4.71. The quantitative estimate of drug-likeness (QED) is 0.897. The van der Waals surface area contributed by atoms with Gasteiger partial charge in [-0.1, -0.05) is 31.2 Å². The van der Waals surface area contributed by atoms with Crippen molar-refractivity contribution in [3.8, 4) is 0 Å². The monoisotopic (exact) mass is 243 g/mol. The lowest BCUT2D eigenvalue weighted by Gasteiger charge is -2.05. The minimum Gasteiger partial charge on any atom is -0.384 e. The Kier molecular flexibility index (Phi) is 3.70. The fourth-order valence-electron chi connectivity index (χ4n) is 2.37. The molecule has 0 aliphatic heterocycles. The largest absolute Gasteiger partial charge is 0.384 e. The lowest BCUT2D eigenvalue weighted by atomic mass is 10.0. The van der Waals surface area contributed by atoms with E-state index in [0.717, 1.165) is 30.8 Å². The number of rotatable bonds is 4. The molecule has 1 aromatic heterocycles. The molecule has 1 heterocycles. The summed E-state index contributed by atoms with van der Waals surface area (Å²) in [5.41, 5.74) is 11.1. The van der Waals surface area contributed by atoms with E-state index in [1.807, 2.05) is 7.05 Å². The van der Waals surface area contributed by atoms with Crippen LogP contribution in [0.2, 0.25) is 0 Å². The van der Waals surface area contributed by atoms with E-state index in [4.69, 9.17) is 5.73 Å². The van der Waals surface area contributed by atoms with E-state index in [-0.39, 0.29) is 0 Å². The van der Waals surface area contributed by atoms with Gasteiger partial charge in [-0.05, 0) is 37.3 Å². The highest BCUT2D eigenvalue weighted by Crippen LogP contribution is 2.19.